The minimum Gasteiger partial charge on any atom is -0.449 e. The van der Waals surface area contributed by atoms with Crippen LogP contribution >= 0.6 is 0 Å². The molecule has 1 aliphatic heterocycles. The Labute approximate surface area is 94.5 Å². The van der Waals surface area contributed by atoms with Crippen LogP contribution in [-0.4, -0.2) is 31.3 Å². The number of carbonyl (C=O) groups excluding carboxylic acids is 1. The van der Waals surface area contributed by atoms with E-state index >= 15 is 0 Å². The second-order valence-corrected chi connectivity index (χ2v) is 3.97. The molecule has 0 saturated heterocycles. The Hall–Kier alpha value is -1.84. The molecule has 1 unspecified atom stereocenters. The van der Waals surface area contributed by atoms with Crippen LogP contribution in [0.5, 0.6) is 0 Å². The van der Waals surface area contributed by atoms with E-state index in [4.69, 9.17) is 4.74 Å². The zero-order valence-corrected chi connectivity index (χ0v) is 9.60. The molecule has 1 heterocycles. The lowest BCUT2D eigenvalue weighted by Crippen LogP contribution is -2.29. The lowest BCUT2D eigenvalue weighted by Gasteiger charge is -2.26. The third kappa shape index (κ3) is 1.66. The van der Waals surface area contributed by atoms with Crippen LogP contribution in [-0.2, 0) is 9.53 Å². The van der Waals surface area contributed by atoms with Gasteiger partial charge in [0.2, 0.25) is 0 Å². The van der Waals surface area contributed by atoms with Crippen LogP contribution in [0, 0.1) is 6.92 Å². The minimum absolute atomic E-state index is 0.468. The van der Waals surface area contributed by atoms with Crippen molar-refractivity contribution in [1.82, 2.24) is 4.90 Å². The number of hydrogen-bond donors (Lipinski definition) is 0. The van der Waals surface area contributed by atoms with E-state index in [2.05, 4.69) is 4.99 Å². The summed E-state index contributed by atoms with van der Waals surface area (Å²) >= 11 is 0. The predicted octanol–water partition coefficient (Wildman–Crippen LogP) is 1.81. The number of rotatable bonds is 1. The number of nitrogens with zero attached hydrogens (tertiary/aromatic N) is 2. The fraction of sp³-hybridized carbons (Fsp3) is 0.333. The molecule has 1 aromatic rings. The monoisotopic (exact) mass is 218 g/mol. The highest BCUT2D eigenvalue weighted by Gasteiger charge is 2.25. The summed E-state index contributed by atoms with van der Waals surface area (Å²) in [4.78, 5) is 17.2. The maximum Gasteiger partial charge on any atom is 0.293 e. The van der Waals surface area contributed by atoms with Crippen LogP contribution in [0.1, 0.15) is 17.2 Å². The van der Waals surface area contributed by atoms with Crippen LogP contribution < -0.4 is 0 Å². The summed E-state index contributed by atoms with van der Waals surface area (Å²) in [5.74, 6) is 0. The van der Waals surface area contributed by atoms with Gasteiger partial charge < -0.3 is 9.64 Å². The van der Waals surface area contributed by atoms with E-state index in [-0.39, 0.29) is 0 Å². The quantitative estimate of drug-likeness (QED) is 0.675. The molecule has 1 atom stereocenters. The molecule has 1 aliphatic rings. The average Bonchev–Trinajstić information content (AvgIpc) is 2.27. The van der Waals surface area contributed by atoms with E-state index in [0.29, 0.717) is 6.02 Å². The summed E-state index contributed by atoms with van der Waals surface area (Å²) < 4.78 is 5.51. The van der Waals surface area contributed by atoms with E-state index in [9.17, 15) is 4.79 Å². The largest absolute Gasteiger partial charge is 0.449 e. The lowest BCUT2D eigenvalue weighted by molar-refractivity contribution is -0.114. The van der Waals surface area contributed by atoms with Gasteiger partial charge in [0, 0.05) is 19.7 Å². The SMILES string of the molecule is Cc1cccc2c1C(C=O)OC(N(C)C)=N2. The molecule has 0 aliphatic carbocycles. The molecule has 0 fully saturated rings. The molecule has 0 radical (unpaired) electrons. The maximum absolute atomic E-state index is 11.0. The first-order chi connectivity index (χ1) is 7.63. The van der Waals surface area contributed by atoms with Crippen molar-refractivity contribution in [2.45, 2.75) is 13.0 Å². The summed E-state index contributed by atoms with van der Waals surface area (Å²) in [6.45, 7) is 1.95. The third-order valence-electron chi connectivity index (χ3n) is 2.54. The van der Waals surface area contributed by atoms with Gasteiger partial charge in [0.05, 0.1) is 5.69 Å². The van der Waals surface area contributed by atoms with Crippen molar-refractivity contribution in [3.8, 4) is 0 Å². The number of ether oxygens (including phenoxy) is 1. The van der Waals surface area contributed by atoms with Gasteiger partial charge in [-0.3, -0.25) is 4.79 Å². The molecule has 0 spiro atoms. The summed E-state index contributed by atoms with van der Waals surface area (Å²) in [5, 5.41) is 0. The van der Waals surface area contributed by atoms with Crippen LogP contribution in [0.2, 0.25) is 0 Å². The number of aliphatic imine (C=N–C) groups is 1. The Morgan fingerprint density at radius 3 is 2.81 bits per heavy atom. The average molecular weight is 218 g/mol. The molecule has 4 heteroatoms. The summed E-state index contributed by atoms with van der Waals surface area (Å²) in [6, 6.07) is 6.24. The molecule has 0 bridgehead atoms. The Kier molecular flexibility index (Phi) is 2.64. The number of hydrogen-bond acceptors (Lipinski definition) is 4. The van der Waals surface area contributed by atoms with Gasteiger partial charge in [-0.15, -0.1) is 0 Å². The minimum atomic E-state index is -0.550. The van der Waals surface area contributed by atoms with Gasteiger partial charge in [-0.25, -0.2) is 0 Å². The van der Waals surface area contributed by atoms with E-state index in [1.54, 1.807) is 4.90 Å². The number of carbonyl (C=O) groups is 1. The van der Waals surface area contributed by atoms with E-state index in [1.807, 2.05) is 39.2 Å². The highest BCUT2D eigenvalue weighted by atomic mass is 16.5. The molecule has 16 heavy (non-hydrogen) atoms. The van der Waals surface area contributed by atoms with Crippen molar-refractivity contribution in [1.29, 1.82) is 0 Å². The maximum atomic E-state index is 11.0. The molecule has 0 N–H and O–H groups in total. The fourth-order valence-corrected chi connectivity index (χ4v) is 1.74. The van der Waals surface area contributed by atoms with Crippen molar-refractivity contribution < 1.29 is 9.53 Å². The molecule has 84 valence electrons. The fourth-order valence-electron chi connectivity index (χ4n) is 1.74. The number of benzene rings is 1. The van der Waals surface area contributed by atoms with Gasteiger partial charge >= 0.3 is 0 Å². The first-order valence-electron chi connectivity index (χ1n) is 5.11. The van der Waals surface area contributed by atoms with Gasteiger partial charge in [0.1, 0.15) is 0 Å². The standard InChI is InChI=1S/C12H14N2O2/c1-8-5-4-6-9-11(8)10(7-15)16-12(13-9)14(2)3/h4-7,10H,1-3H3. The third-order valence-corrected chi connectivity index (χ3v) is 2.54. The Balaban J connectivity index is 2.56. The molecule has 1 aromatic carbocycles. The van der Waals surface area contributed by atoms with Gasteiger partial charge in [0.25, 0.3) is 6.02 Å². The molecule has 0 aromatic heterocycles. The summed E-state index contributed by atoms with van der Waals surface area (Å²) in [5.41, 5.74) is 2.70. The number of fused-ring (bicyclic) bond motifs is 1. The molecule has 0 amide bonds. The zero-order chi connectivity index (χ0) is 11.7. The van der Waals surface area contributed by atoms with E-state index in [1.165, 1.54) is 0 Å². The normalized spacial score (nSPS) is 18.2. The van der Waals surface area contributed by atoms with Gasteiger partial charge in [-0.05, 0) is 18.6 Å². The van der Waals surface area contributed by atoms with Crippen LogP contribution in [0.15, 0.2) is 23.2 Å². The first-order valence-corrected chi connectivity index (χ1v) is 5.11. The van der Waals surface area contributed by atoms with Gasteiger partial charge in [-0.1, -0.05) is 12.1 Å². The van der Waals surface area contributed by atoms with Crippen LogP contribution in [0.4, 0.5) is 5.69 Å². The second-order valence-electron chi connectivity index (χ2n) is 3.97. The molecule has 2 rings (SSSR count). The van der Waals surface area contributed by atoms with Crippen molar-refractivity contribution in [2.75, 3.05) is 14.1 Å². The van der Waals surface area contributed by atoms with Gasteiger partial charge in [0.15, 0.2) is 12.4 Å². The van der Waals surface area contributed by atoms with Crippen molar-refractivity contribution >= 4 is 18.0 Å². The summed E-state index contributed by atoms with van der Waals surface area (Å²) in [7, 11) is 3.67. The molecular weight excluding hydrogens is 204 g/mol. The Morgan fingerprint density at radius 1 is 1.44 bits per heavy atom. The van der Waals surface area contributed by atoms with Crippen LogP contribution in [0.25, 0.3) is 0 Å². The molecule has 0 saturated carbocycles. The number of aldehydes is 1. The molecular formula is C12H14N2O2. The highest BCUT2D eigenvalue weighted by molar-refractivity contribution is 5.84. The van der Waals surface area contributed by atoms with Crippen molar-refractivity contribution in [2.24, 2.45) is 4.99 Å². The van der Waals surface area contributed by atoms with Gasteiger partial charge in [-0.2, -0.15) is 4.99 Å². The summed E-state index contributed by atoms with van der Waals surface area (Å²) in [6.07, 6.45) is 0.260. The van der Waals surface area contributed by atoms with Crippen LogP contribution in [0.3, 0.4) is 0 Å². The molecule has 4 nitrogen and oxygen atoms in total. The first kappa shape index (κ1) is 10.7. The van der Waals surface area contributed by atoms with Crippen molar-refractivity contribution in [3.63, 3.8) is 0 Å². The number of aryl methyl sites for hydroxylation is 1. The lowest BCUT2D eigenvalue weighted by atomic mass is 10.0. The van der Waals surface area contributed by atoms with E-state index < -0.39 is 6.10 Å². The number of amidine groups is 1. The Bertz CT molecular complexity index is 452. The van der Waals surface area contributed by atoms with E-state index in [0.717, 1.165) is 23.1 Å². The zero-order valence-electron chi connectivity index (χ0n) is 9.60. The predicted molar refractivity (Wildman–Crippen MR) is 61.9 cm³/mol. The smallest absolute Gasteiger partial charge is 0.293 e. The second kappa shape index (κ2) is 3.96. The highest BCUT2D eigenvalue weighted by Crippen LogP contribution is 2.34. The topological polar surface area (TPSA) is 41.9 Å². The Morgan fingerprint density at radius 2 is 2.19 bits per heavy atom. The van der Waals surface area contributed by atoms with Crippen molar-refractivity contribution in [3.05, 3.63) is 29.3 Å².